The fourth-order valence-corrected chi connectivity index (χ4v) is 3.87. The Kier molecular flexibility index (Phi) is 6.25. The Hall–Kier alpha value is -3.14. The number of urea groups is 1. The number of rotatable bonds is 7. The number of likely N-dealkylation sites (N-methyl/N-ethyl adjacent to an activating group) is 1. The Morgan fingerprint density at radius 1 is 1.03 bits per heavy atom. The van der Waals surface area contributed by atoms with Crippen molar-refractivity contribution in [3.05, 3.63) is 23.3 Å². The number of methoxy groups -OCH3 is 3. The summed E-state index contributed by atoms with van der Waals surface area (Å²) in [5.74, 6) is -1.05. The van der Waals surface area contributed by atoms with Gasteiger partial charge in [-0.3, -0.25) is 24.2 Å². The van der Waals surface area contributed by atoms with E-state index in [2.05, 4.69) is 0 Å². The summed E-state index contributed by atoms with van der Waals surface area (Å²) in [6.45, 7) is 2.12. The van der Waals surface area contributed by atoms with Crippen LogP contribution in [0.25, 0.3) is 0 Å². The van der Waals surface area contributed by atoms with E-state index in [1.54, 1.807) is 20.1 Å². The minimum Gasteiger partial charge on any atom is -0.493 e. The van der Waals surface area contributed by atoms with E-state index in [-0.39, 0.29) is 19.6 Å². The highest BCUT2D eigenvalue weighted by molar-refractivity contribution is 6.44. The third kappa shape index (κ3) is 3.70. The minimum atomic E-state index is -0.864. The number of hydrogen-bond acceptors (Lipinski definition) is 8. The number of ether oxygens (including phenoxy) is 3. The summed E-state index contributed by atoms with van der Waals surface area (Å²) in [6.07, 6.45) is 0.621. The van der Waals surface area contributed by atoms with Gasteiger partial charge in [0.05, 0.1) is 34.4 Å². The molecule has 10 nitrogen and oxygen atoms in total. The average molecular weight is 419 g/mol. The number of imide groups is 2. The highest BCUT2D eigenvalue weighted by Crippen LogP contribution is 2.39. The summed E-state index contributed by atoms with van der Waals surface area (Å²) >= 11 is 0. The van der Waals surface area contributed by atoms with Crippen molar-refractivity contribution < 1.29 is 33.4 Å². The van der Waals surface area contributed by atoms with Gasteiger partial charge in [-0.15, -0.1) is 0 Å². The van der Waals surface area contributed by atoms with E-state index in [1.807, 2.05) is 11.0 Å². The van der Waals surface area contributed by atoms with Crippen LogP contribution >= 0.6 is 0 Å². The highest BCUT2D eigenvalue weighted by atomic mass is 16.5. The molecule has 0 unspecified atom stereocenters. The van der Waals surface area contributed by atoms with Crippen molar-refractivity contribution in [3.8, 4) is 11.5 Å². The number of esters is 1. The Morgan fingerprint density at radius 3 is 2.23 bits per heavy atom. The minimum absolute atomic E-state index is 0.0145. The fraction of sp³-hybridized carbons (Fsp3) is 0.500. The largest absolute Gasteiger partial charge is 0.493 e. The van der Waals surface area contributed by atoms with Crippen LogP contribution in [0.1, 0.15) is 30.5 Å². The molecule has 2 aliphatic heterocycles. The number of hydrogen-bond donors (Lipinski definition) is 0. The van der Waals surface area contributed by atoms with Gasteiger partial charge in [0, 0.05) is 19.1 Å². The molecule has 4 amide bonds. The third-order valence-corrected chi connectivity index (χ3v) is 5.48. The fourth-order valence-electron chi connectivity index (χ4n) is 3.87. The van der Waals surface area contributed by atoms with Gasteiger partial charge in [0.1, 0.15) is 0 Å². The first-order valence-electron chi connectivity index (χ1n) is 9.59. The van der Waals surface area contributed by atoms with Crippen LogP contribution in [0.2, 0.25) is 0 Å². The maximum atomic E-state index is 12.5. The van der Waals surface area contributed by atoms with Crippen LogP contribution in [0.4, 0.5) is 4.79 Å². The van der Waals surface area contributed by atoms with Gasteiger partial charge in [0.25, 0.3) is 0 Å². The van der Waals surface area contributed by atoms with E-state index in [4.69, 9.17) is 14.2 Å². The van der Waals surface area contributed by atoms with Gasteiger partial charge < -0.3 is 14.2 Å². The molecule has 0 spiro atoms. The van der Waals surface area contributed by atoms with E-state index in [9.17, 15) is 19.2 Å². The second-order valence-electron chi connectivity index (χ2n) is 6.97. The molecule has 3 rings (SSSR count). The van der Waals surface area contributed by atoms with Crippen molar-refractivity contribution in [1.29, 1.82) is 0 Å². The van der Waals surface area contributed by atoms with Crippen LogP contribution in [-0.2, 0) is 25.5 Å². The van der Waals surface area contributed by atoms with Gasteiger partial charge in [0.15, 0.2) is 11.5 Å². The predicted molar refractivity (Wildman–Crippen MR) is 104 cm³/mol. The molecule has 2 aliphatic rings. The molecule has 2 heterocycles. The molecule has 0 bridgehead atoms. The number of benzene rings is 1. The molecular formula is C20H25N3O7. The predicted octanol–water partition coefficient (Wildman–Crippen LogP) is 0.934. The molecule has 10 heteroatoms. The summed E-state index contributed by atoms with van der Waals surface area (Å²) in [6, 6.07) is 2.55. The zero-order valence-corrected chi connectivity index (χ0v) is 17.5. The summed E-state index contributed by atoms with van der Waals surface area (Å²) in [7, 11) is 4.37. The number of nitrogens with zero attached hydrogens (tertiary/aromatic N) is 3. The summed E-state index contributed by atoms with van der Waals surface area (Å²) < 4.78 is 15.6. The van der Waals surface area contributed by atoms with Crippen LogP contribution < -0.4 is 9.47 Å². The maximum absolute atomic E-state index is 12.5. The monoisotopic (exact) mass is 419 g/mol. The van der Waals surface area contributed by atoms with Crippen LogP contribution in [0, 0.1) is 0 Å². The molecule has 162 valence electrons. The van der Waals surface area contributed by atoms with Crippen LogP contribution in [0.5, 0.6) is 11.5 Å². The van der Waals surface area contributed by atoms with Gasteiger partial charge in [-0.05, 0) is 36.6 Å². The molecular weight excluding hydrogens is 394 g/mol. The number of amides is 4. The SMILES string of the molecule is CCN1C(=O)C(=O)N(CN2CCc3cc(OC)c(OC)cc3[C@@H]2CC(=O)OC)C1=O. The molecule has 0 saturated carbocycles. The molecule has 1 aromatic rings. The first-order valence-corrected chi connectivity index (χ1v) is 9.59. The van der Waals surface area contributed by atoms with Crippen molar-refractivity contribution in [2.75, 3.05) is 41.1 Å². The lowest BCUT2D eigenvalue weighted by atomic mass is 9.90. The topological polar surface area (TPSA) is 106 Å². The Balaban J connectivity index is 1.95. The molecule has 1 saturated heterocycles. The molecule has 1 fully saturated rings. The summed E-state index contributed by atoms with van der Waals surface area (Å²) in [5.41, 5.74) is 1.80. The van der Waals surface area contributed by atoms with Gasteiger partial charge in [-0.2, -0.15) is 0 Å². The van der Waals surface area contributed by atoms with E-state index in [1.165, 1.54) is 14.2 Å². The molecule has 1 aromatic carbocycles. The molecule has 0 aliphatic carbocycles. The lowest BCUT2D eigenvalue weighted by Crippen LogP contribution is -2.46. The van der Waals surface area contributed by atoms with Crippen LogP contribution in [-0.4, -0.2) is 79.6 Å². The van der Waals surface area contributed by atoms with Crippen molar-refractivity contribution in [2.24, 2.45) is 0 Å². The van der Waals surface area contributed by atoms with Gasteiger partial charge in [-0.1, -0.05) is 0 Å². The first-order chi connectivity index (χ1) is 14.4. The second kappa shape index (κ2) is 8.70. The average Bonchev–Trinajstić information content (AvgIpc) is 2.96. The van der Waals surface area contributed by atoms with Crippen molar-refractivity contribution in [2.45, 2.75) is 25.8 Å². The van der Waals surface area contributed by atoms with Crippen LogP contribution in [0.3, 0.4) is 0 Å². The van der Waals surface area contributed by atoms with E-state index >= 15 is 0 Å². The van der Waals surface area contributed by atoms with Gasteiger partial charge >= 0.3 is 23.8 Å². The molecule has 30 heavy (non-hydrogen) atoms. The van der Waals surface area contributed by atoms with Crippen molar-refractivity contribution in [3.63, 3.8) is 0 Å². The van der Waals surface area contributed by atoms with Crippen molar-refractivity contribution in [1.82, 2.24) is 14.7 Å². The summed E-state index contributed by atoms with van der Waals surface area (Å²) in [4.78, 5) is 52.6. The molecule has 0 radical (unpaired) electrons. The molecule has 1 atom stereocenters. The van der Waals surface area contributed by atoms with Crippen LogP contribution in [0.15, 0.2) is 12.1 Å². The molecule has 0 aromatic heterocycles. The standard InChI is InChI=1S/C20H25N3O7/c1-5-22-18(25)19(26)23(20(22)27)11-21-7-6-12-8-15(28-2)16(29-3)9-13(12)14(21)10-17(24)30-4/h8-9,14H,5-7,10-11H2,1-4H3/t14-/m0/s1. The Labute approximate surface area is 174 Å². The Bertz CT molecular complexity index is 885. The zero-order valence-electron chi connectivity index (χ0n) is 17.5. The van der Waals surface area contributed by atoms with Gasteiger partial charge in [-0.25, -0.2) is 9.69 Å². The Morgan fingerprint density at radius 2 is 1.67 bits per heavy atom. The first kappa shape index (κ1) is 21.6. The third-order valence-electron chi connectivity index (χ3n) is 5.48. The van der Waals surface area contributed by atoms with Crippen molar-refractivity contribution >= 4 is 23.8 Å². The molecule has 0 N–H and O–H groups in total. The lowest BCUT2D eigenvalue weighted by molar-refractivity contribution is -0.145. The second-order valence-corrected chi connectivity index (χ2v) is 6.97. The van der Waals surface area contributed by atoms with E-state index < -0.39 is 29.9 Å². The quantitative estimate of drug-likeness (QED) is 0.365. The highest BCUT2D eigenvalue weighted by Gasteiger charge is 2.45. The van der Waals surface area contributed by atoms with E-state index in [0.29, 0.717) is 24.5 Å². The lowest BCUT2D eigenvalue weighted by Gasteiger charge is -2.38. The maximum Gasteiger partial charge on any atom is 0.335 e. The summed E-state index contributed by atoms with van der Waals surface area (Å²) in [5, 5.41) is 0. The normalized spacial score (nSPS) is 19.2. The smallest absolute Gasteiger partial charge is 0.335 e. The van der Waals surface area contributed by atoms with E-state index in [0.717, 1.165) is 20.9 Å². The van der Waals surface area contributed by atoms with Gasteiger partial charge in [0.2, 0.25) is 0 Å². The number of carbonyl (C=O) groups is 4. The zero-order chi connectivity index (χ0) is 22.0. The number of fused-ring (bicyclic) bond motifs is 1. The number of carbonyl (C=O) groups excluding carboxylic acids is 4.